The number of carbonyl (C=O) groups excluding carboxylic acids is 1. The van der Waals surface area contributed by atoms with Crippen molar-refractivity contribution in [3.05, 3.63) is 12.3 Å². The van der Waals surface area contributed by atoms with Crippen LogP contribution in [0.25, 0.3) is 0 Å². The molecule has 0 aromatic heterocycles. The minimum atomic E-state index is -0.253. The van der Waals surface area contributed by atoms with Crippen molar-refractivity contribution >= 4 is 5.91 Å². The average Bonchev–Trinajstić information content (AvgIpc) is 2.14. The number of nitrogens with one attached hydrogen (secondary N) is 2. The van der Waals surface area contributed by atoms with Gasteiger partial charge in [-0.1, -0.05) is 20.4 Å². The minimum absolute atomic E-state index is 0.00900. The fourth-order valence-corrected chi connectivity index (χ4v) is 0.872. The van der Waals surface area contributed by atoms with Crippen LogP contribution in [0.15, 0.2) is 12.3 Å². The van der Waals surface area contributed by atoms with E-state index in [4.69, 9.17) is 5.11 Å². The zero-order chi connectivity index (χ0) is 11.9. The number of carbonyl (C=O) groups is 1. The number of aliphatic hydroxyl groups is 1. The Morgan fingerprint density at radius 1 is 1.40 bits per heavy atom. The highest BCUT2D eigenvalue weighted by Crippen LogP contribution is 2.10. The monoisotopic (exact) mass is 214 g/mol. The maximum Gasteiger partial charge on any atom is 0.221 e. The standard InChI is InChI=1S/C11H22N2O2/c1-9(2)12-6-5-10(15)13-7-11(3,4)8-14/h12,14H,1,5-8H2,2-4H3,(H,13,15). The number of amides is 1. The molecule has 0 aromatic rings. The zero-order valence-corrected chi connectivity index (χ0v) is 9.89. The molecule has 0 aliphatic carbocycles. The lowest BCUT2D eigenvalue weighted by Crippen LogP contribution is -2.37. The number of allylic oxidation sites excluding steroid dienone is 1. The van der Waals surface area contributed by atoms with E-state index in [-0.39, 0.29) is 17.9 Å². The topological polar surface area (TPSA) is 61.4 Å². The van der Waals surface area contributed by atoms with E-state index in [1.807, 2.05) is 20.8 Å². The molecular weight excluding hydrogens is 192 g/mol. The first kappa shape index (κ1) is 14.0. The second-order valence-corrected chi connectivity index (χ2v) is 4.56. The molecule has 0 heterocycles. The molecule has 0 spiro atoms. The molecule has 4 nitrogen and oxygen atoms in total. The Kier molecular flexibility index (Phi) is 6.01. The van der Waals surface area contributed by atoms with Crippen molar-refractivity contribution in [2.45, 2.75) is 27.2 Å². The van der Waals surface area contributed by atoms with Gasteiger partial charge in [0.05, 0.1) is 0 Å². The van der Waals surface area contributed by atoms with Gasteiger partial charge in [0.15, 0.2) is 0 Å². The van der Waals surface area contributed by atoms with Gasteiger partial charge in [0.1, 0.15) is 0 Å². The van der Waals surface area contributed by atoms with Gasteiger partial charge < -0.3 is 15.7 Å². The Hall–Kier alpha value is -1.03. The Bertz CT molecular complexity index is 225. The Morgan fingerprint density at radius 3 is 2.47 bits per heavy atom. The number of hydrogen-bond donors (Lipinski definition) is 3. The van der Waals surface area contributed by atoms with Gasteiger partial charge in [-0.2, -0.15) is 0 Å². The highest BCUT2D eigenvalue weighted by Gasteiger charge is 2.16. The van der Waals surface area contributed by atoms with E-state index in [1.54, 1.807) is 0 Å². The molecule has 0 bridgehead atoms. The summed E-state index contributed by atoms with van der Waals surface area (Å²) in [5.74, 6) is -0.00900. The normalized spacial score (nSPS) is 10.9. The van der Waals surface area contributed by atoms with Crippen LogP contribution in [0.3, 0.4) is 0 Å². The molecule has 0 aromatic carbocycles. The minimum Gasteiger partial charge on any atom is -0.396 e. The number of rotatable bonds is 7. The lowest BCUT2D eigenvalue weighted by atomic mass is 9.95. The molecule has 0 aliphatic heterocycles. The van der Waals surface area contributed by atoms with Crippen LogP contribution in [-0.4, -0.2) is 30.7 Å². The molecule has 0 saturated heterocycles. The summed E-state index contributed by atoms with van der Waals surface area (Å²) in [5, 5.41) is 14.7. The van der Waals surface area contributed by atoms with Crippen LogP contribution in [0.5, 0.6) is 0 Å². The first-order valence-corrected chi connectivity index (χ1v) is 5.14. The van der Waals surface area contributed by atoms with Crippen molar-refractivity contribution in [3.8, 4) is 0 Å². The Morgan fingerprint density at radius 2 is 2.00 bits per heavy atom. The van der Waals surface area contributed by atoms with Gasteiger partial charge in [0, 0.05) is 37.2 Å². The summed E-state index contributed by atoms with van der Waals surface area (Å²) < 4.78 is 0. The van der Waals surface area contributed by atoms with E-state index in [2.05, 4.69) is 17.2 Å². The van der Waals surface area contributed by atoms with E-state index in [1.165, 1.54) is 0 Å². The third kappa shape index (κ3) is 8.00. The Labute approximate surface area is 91.8 Å². The first-order chi connectivity index (χ1) is 6.87. The molecule has 0 radical (unpaired) electrons. The maximum atomic E-state index is 11.3. The summed E-state index contributed by atoms with van der Waals surface area (Å²) in [7, 11) is 0. The molecule has 0 saturated carbocycles. The molecule has 0 rings (SSSR count). The van der Waals surface area contributed by atoms with Gasteiger partial charge in [-0.05, 0) is 6.92 Å². The summed E-state index contributed by atoms with van der Waals surface area (Å²) in [6.07, 6.45) is 0.425. The van der Waals surface area contributed by atoms with Crippen molar-refractivity contribution in [2.24, 2.45) is 5.41 Å². The van der Waals surface area contributed by atoms with Crippen LogP contribution >= 0.6 is 0 Å². The summed E-state index contributed by atoms with van der Waals surface area (Å²) in [5.41, 5.74) is 0.607. The highest BCUT2D eigenvalue weighted by molar-refractivity contribution is 5.76. The molecule has 0 aliphatic rings. The maximum absolute atomic E-state index is 11.3. The van der Waals surface area contributed by atoms with Crippen LogP contribution in [0, 0.1) is 5.41 Å². The lowest BCUT2D eigenvalue weighted by Gasteiger charge is -2.21. The summed E-state index contributed by atoms with van der Waals surface area (Å²) in [6.45, 7) is 10.5. The molecule has 0 fully saturated rings. The third-order valence-electron chi connectivity index (χ3n) is 1.97. The second kappa shape index (κ2) is 6.45. The van der Waals surface area contributed by atoms with E-state index in [0.29, 0.717) is 19.5 Å². The predicted molar refractivity (Wildman–Crippen MR) is 61.3 cm³/mol. The van der Waals surface area contributed by atoms with Crippen LogP contribution < -0.4 is 10.6 Å². The molecule has 0 atom stereocenters. The van der Waals surface area contributed by atoms with Gasteiger partial charge in [0.25, 0.3) is 0 Å². The van der Waals surface area contributed by atoms with Crippen molar-refractivity contribution in [3.63, 3.8) is 0 Å². The average molecular weight is 214 g/mol. The van der Waals surface area contributed by atoms with Gasteiger partial charge in [-0.25, -0.2) is 0 Å². The van der Waals surface area contributed by atoms with Gasteiger partial charge in [0.2, 0.25) is 5.91 Å². The van der Waals surface area contributed by atoms with Crippen molar-refractivity contribution < 1.29 is 9.90 Å². The number of hydrogen-bond acceptors (Lipinski definition) is 3. The van der Waals surface area contributed by atoms with E-state index in [0.717, 1.165) is 5.70 Å². The van der Waals surface area contributed by atoms with Crippen LogP contribution in [0.4, 0.5) is 0 Å². The number of aliphatic hydroxyl groups excluding tert-OH is 1. The quantitative estimate of drug-likeness (QED) is 0.582. The van der Waals surface area contributed by atoms with Crippen LogP contribution in [-0.2, 0) is 4.79 Å². The second-order valence-electron chi connectivity index (χ2n) is 4.56. The zero-order valence-electron chi connectivity index (χ0n) is 9.89. The summed E-state index contributed by atoms with van der Waals surface area (Å²) in [6, 6.07) is 0. The smallest absolute Gasteiger partial charge is 0.221 e. The van der Waals surface area contributed by atoms with E-state index in [9.17, 15) is 4.79 Å². The van der Waals surface area contributed by atoms with E-state index < -0.39 is 0 Å². The van der Waals surface area contributed by atoms with Gasteiger partial charge >= 0.3 is 0 Å². The highest BCUT2D eigenvalue weighted by atomic mass is 16.3. The first-order valence-electron chi connectivity index (χ1n) is 5.14. The molecule has 0 unspecified atom stereocenters. The fraction of sp³-hybridized carbons (Fsp3) is 0.727. The van der Waals surface area contributed by atoms with Crippen LogP contribution in [0.2, 0.25) is 0 Å². The molecule has 3 N–H and O–H groups in total. The summed E-state index contributed by atoms with van der Waals surface area (Å²) >= 11 is 0. The fourth-order valence-electron chi connectivity index (χ4n) is 0.872. The lowest BCUT2D eigenvalue weighted by molar-refractivity contribution is -0.121. The van der Waals surface area contributed by atoms with Gasteiger partial charge in [-0.15, -0.1) is 0 Å². The predicted octanol–water partition coefficient (Wildman–Crippen LogP) is 0.634. The molecular formula is C11H22N2O2. The molecule has 4 heteroatoms. The SMILES string of the molecule is C=C(C)NCCC(=O)NCC(C)(C)CO. The largest absolute Gasteiger partial charge is 0.396 e. The molecule has 1 amide bonds. The molecule has 15 heavy (non-hydrogen) atoms. The van der Waals surface area contributed by atoms with Crippen molar-refractivity contribution in [1.29, 1.82) is 0 Å². The Balaban J connectivity index is 3.62. The third-order valence-corrected chi connectivity index (χ3v) is 1.97. The molecule has 88 valence electrons. The van der Waals surface area contributed by atoms with Crippen LogP contribution in [0.1, 0.15) is 27.2 Å². The van der Waals surface area contributed by atoms with Gasteiger partial charge in [-0.3, -0.25) is 4.79 Å². The van der Waals surface area contributed by atoms with Crippen molar-refractivity contribution in [2.75, 3.05) is 19.7 Å². The van der Waals surface area contributed by atoms with E-state index >= 15 is 0 Å². The van der Waals surface area contributed by atoms with Crippen molar-refractivity contribution in [1.82, 2.24) is 10.6 Å². The summed E-state index contributed by atoms with van der Waals surface area (Å²) in [4.78, 5) is 11.3.